The lowest BCUT2D eigenvalue weighted by molar-refractivity contribution is -0.236. The fraction of sp³-hybridized carbons (Fsp3) is 0.900. The topological polar surface area (TPSA) is 158 Å². The lowest BCUT2D eigenvalue weighted by Crippen LogP contribution is -2.75. The van der Waals surface area contributed by atoms with E-state index in [0.29, 0.717) is 51.4 Å². The summed E-state index contributed by atoms with van der Waals surface area (Å²) in [5.41, 5.74) is -9.18. The summed E-state index contributed by atoms with van der Waals surface area (Å²) >= 11 is 0. The maximum Gasteiger partial charge on any atom is 0.327 e. The Morgan fingerprint density at radius 2 is 0.486 bits per heavy atom. The average Bonchev–Trinajstić information content (AvgIpc) is 3.40. The molecule has 72 heavy (non-hydrogen) atoms. The van der Waals surface area contributed by atoms with Crippen LogP contribution in [-0.4, -0.2) is 75.5 Å². The van der Waals surface area contributed by atoms with Crippen LogP contribution >= 0.6 is 0 Å². The summed E-state index contributed by atoms with van der Waals surface area (Å²) in [6.45, 7) is 23.5. The largest absolute Gasteiger partial charge is 0.465 e. The minimum absolute atomic E-state index is 0.118. The van der Waals surface area contributed by atoms with Gasteiger partial charge in [-0.2, -0.15) is 0 Å². The molecule has 1 rings (SSSR count). The van der Waals surface area contributed by atoms with Crippen molar-refractivity contribution in [3.8, 4) is 0 Å². The van der Waals surface area contributed by atoms with Gasteiger partial charge in [0.2, 0.25) is 5.41 Å². The number of hydrogen-bond acceptors (Lipinski definition) is 12. The van der Waals surface area contributed by atoms with Gasteiger partial charge in [0.15, 0.2) is 10.8 Å². The van der Waals surface area contributed by atoms with Crippen LogP contribution in [0.5, 0.6) is 0 Å². The van der Waals surface area contributed by atoms with Gasteiger partial charge in [-0.15, -0.1) is 0 Å². The molecule has 0 aromatic heterocycles. The van der Waals surface area contributed by atoms with Crippen LogP contribution in [0.1, 0.15) is 256 Å². The Balaban J connectivity index is 4.86. The third kappa shape index (κ3) is 18.6. The molecule has 0 saturated heterocycles. The number of ether oxygens (including phenoxy) is 6. The van der Waals surface area contributed by atoms with Gasteiger partial charge in [0.25, 0.3) is 0 Å². The molecule has 420 valence electrons. The van der Waals surface area contributed by atoms with Crippen LogP contribution in [-0.2, 0) is 57.2 Å². The second-order valence-corrected chi connectivity index (χ2v) is 21.5. The highest BCUT2D eigenvalue weighted by molar-refractivity contribution is 6.22. The van der Waals surface area contributed by atoms with E-state index in [1.807, 2.05) is 41.5 Å². The van der Waals surface area contributed by atoms with Gasteiger partial charge in [-0.3, -0.25) is 28.8 Å². The van der Waals surface area contributed by atoms with E-state index in [9.17, 15) is 0 Å². The highest BCUT2D eigenvalue weighted by atomic mass is 16.6. The van der Waals surface area contributed by atoms with Gasteiger partial charge in [0, 0.05) is 0 Å². The van der Waals surface area contributed by atoms with Crippen LogP contribution in [0.4, 0.5) is 0 Å². The van der Waals surface area contributed by atoms with Crippen molar-refractivity contribution in [2.24, 2.45) is 51.8 Å². The minimum Gasteiger partial charge on any atom is -0.465 e. The van der Waals surface area contributed by atoms with Crippen molar-refractivity contribution in [1.82, 2.24) is 0 Å². The van der Waals surface area contributed by atoms with E-state index in [2.05, 4.69) is 41.5 Å². The van der Waals surface area contributed by atoms with Gasteiger partial charge in [-0.05, 0) is 93.3 Å². The Morgan fingerprint density at radius 3 is 0.653 bits per heavy atom. The molecule has 0 aliphatic heterocycles. The van der Waals surface area contributed by atoms with Crippen molar-refractivity contribution >= 4 is 35.8 Å². The first kappa shape index (κ1) is 66.8. The molecule has 0 radical (unpaired) electrons. The van der Waals surface area contributed by atoms with Gasteiger partial charge in [-0.25, -0.2) is 0 Å². The van der Waals surface area contributed by atoms with Gasteiger partial charge in [0.1, 0.15) is 0 Å². The predicted octanol–water partition coefficient (Wildman–Crippen LogP) is 14.7. The molecule has 0 amide bonds. The fourth-order valence-electron chi connectivity index (χ4n) is 10.6. The monoisotopic (exact) mass is 1020 g/mol. The molecular weight excluding hydrogens is 913 g/mol. The summed E-state index contributed by atoms with van der Waals surface area (Å²) in [6.07, 6.45) is 17.6. The van der Waals surface area contributed by atoms with E-state index < -0.39 is 64.9 Å². The second kappa shape index (κ2) is 37.5. The van der Waals surface area contributed by atoms with Crippen LogP contribution < -0.4 is 0 Å². The van der Waals surface area contributed by atoms with Gasteiger partial charge in [0.05, 0.1) is 39.6 Å². The first-order valence-corrected chi connectivity index (χ1v) is 29.7. The zero-order valence-electron chi connectivity index (χ0n) is 48.2. The number of hydrogen-bond donors (Lipinski definition) is 0. The van der Waals surface area contributed by atoms with E-state index in [0.717, 1.165) is 103 Å². The van der Waals surface area contributed by atoms with E-state index in [-0.39, 0.29) is 81.6 Å². The summed E-state index contributed by atoms with van der Waals surface area (Å²) in [5, 5.41) is 0. The average molecular weight is 1020 g/mol. The maximum absolute atomic E-state index is 16.4. The molecule has 0 aromatic carbocycles. The van der Waals surface area contributed by atoms with Gasteiger partial charge in [-0.1, -0.05) is 199 Å². The molecule has 1 saturated carbocycles. The Labute approximate surface area is 439 Å². The second-order valence-electron chi connectivity index (χ2n) is 21.5. The van der Waals surface area contributed by atoms with Gasteiger partial charge < -0.3 is 28.4 Å². The van der Waals surface area contributed by atoms with Crippen molar-refractivity contribution < 1.29 is 57.2 Å². The summed E-state index contributed by atoms with van der Waals surface area (Å²) in [7, 11) is 0. The highest BCUT2D eigenvalue weighted by Crippen LogP contribution is 2.64. The maximum atomic E-state index is 16.4. The lowest BCUT2D eigenvalue weighted by Gasteiger charge is -2.53. The lowest BCUT2D eigenvalue weighted by atomic mass is 9.44. The molecule has 0 bridgehead atoms. The van der Waals surface area contributed by atoms with Crippen molar-refractivity contribution in [2.75, 3.05) is 39.6 Å². The Hall–Kier alpha value is -3.18. The molecule has 1 fully saturated rings. The number of rotatable bonds is 42. The van der Waals surface area contributed by atoms with Crippen molar-refractivity contribution in [1.29, 1.82) is 0 Å². The number of carbonyl (C=O) groups is 6. The Morgan fingerprint density at radius 1 is 0.306 bits per heavy atom. The van der Waals surface area contributed by atoms with E-state index in [1.54, 1.807) is 0 Å². The summed E-state index contributed by atoms with van der Waals surface area (Å²) < 4.78 is 38.1. The van der Waals surface area contributed by atoms with E-state index >= 15 is 28.8 Å². The third-order valence-corrected chi connectivity index (χ3v) is 16.4. The SMILES string of the molecule is CCCCC(CC)COC(=O)C1(C(=O)OCC(CC)CCCC)CCCC(C(=O)OCC(CC)CCCC)(C(=O)OCC(CC)CCCC)C1(C(=O)OCC(CC)CCCC)C(=O)OCC(CC)CCCC. The smallest absolute Gasteiger partial charge is 0.327 e. The standard InChI is InChI=1S/C60H108O12/c1-13-25-32-46(19-7)40-67-52(61)58(53(62)68-41-47(20-8)33-26-14-2)38-31-39-59(54(63)69-42-48(21-9)34-27-15-3,55(64)70-43-49(22-10)35-28-16-4)60(58,56(65)71-44-50(23-11)36-29-17-5)57(66)72-45-51(24-12)37-30-18-6/h46-51H,13-45H2,1-12H3. The van der Waals surface area contributed by atoms with Crippen LogP contribution in [0.3, 0.4) is 0 Å². The van der Waals surface area contributed by atoms with Crippen LogP contribution in [0.25, 0.3) is 0 Å². The number of esters is 6. The summed E-state index contributed by atoms with van der Waals surface area (Å²) in [6, 6.07) is 0. The molecule has 0 heterocycles. The fourth-order valence-corrected chi connectivity index (χ4v) is 10.6. The zero-order chi connectivity index (χ0) is 54.0. The first-order valence-electron chi connectivity index (χ1n) is 29.7. The Kier molecular flexibility index (Phi) is 34.8. The van der Waals surface area contributed by atoms with Crippen LogP contribution in [0, 0.1) is 51.8 Å². The highest BCUT2D eigenvalue weighted by Gasteiger charge is 2.87. The Bertz CT molecular complexity index is 1350. The molecule has 6 unspecified atom stereocenters. The summed E-state index contributed by atoms with van der Waals surface area (Å²) in [5.74, 6) is -8.45. The van der Waals surface area contributed by atoms with E-state index in [1.165, 1.54) is 0 Å². The normalized spacial score (nSPS) is 21.3. The predicted molar refractivity (Wildman–Crippen MR) is 287 cm³/mol. The van der Waals surface area contributed by atoms with Crippen molar-refractivity contribution in [3.63, 3.8) is 0 Å². The molecular formula is C60H108O12. The van der Waals surface area contributed by atoms with Crippen molar-refractivity contribution in [2.45, 2.75) is 256 Å². The molecule has 0 aromatic rings. The molecule has 6 atom stereocenters. The third-order valence-electron chi connectivity index (χ3n) is 16.4. The number of carbonyl (C=O) groups excluding carboxylic acids is 6. The first-order chi connectivity index (χ1) is 34.7. The van der Waals surface area contributed by atoms with Crippen LogP contribution in [0.15, 0.2) is 0 Å². The molecule has 0 N–H and O–H groups in total. The van der Waals surface area contributed by atoms with E-state index in [4.69, 9.17) is 28.4 Å². The quantitative estimate of drug-likeness (QED) is 0.0324. The molecule has 12 heteroatoms. The summed E-state index contributed by atoms with van der Waals surface area (Å²) in [4.78, 5) is 96.7. The molecule has 12 nitrogen and oxygen atoms in total. The molecule has 1 aliphatic rings. The van der Waals surface area contributed by atoms with Gasteiger partial charge >= 0.3 is 35.8 Å². The van der Waals surface area contributed by atoms with Crippen molar-refractivity contribution in [3.05, 3.63) is 0 Å². The molecule has 1 aliphatic carbocycles. The minimum atomic E-state index is -3.32. The zero-order valence-corrected chi connectivity index (χ0v) is 48.2. The number of unbranched alkanes of at least 4 members (excludes halogenated alkanes) is 6. The van der Waals surface area contributed by atoms with Crippen LogP contribution in [0.2, 0.25) is 0 Å². The molecule has 0 spiro atoms.